The summed E-state index contributed by atoms with van der Waals surface area (Å²) in [5.41, 5.74) is 0.588. The minimum Gasteiger partial charge on any atom is -0.482 e. The summed E-state index contributed by atoms with van der Waals surface area (Å²) in [6, 6.07) is 7.50. The Morgan fingerprint density at radius 3 is 2.88 bits per heavy atom. The molecule has 0 aromatic heterocycles. The van der Waals surface area contributed by atoms with Crippen LogP contribution in [0.15, 0.2) is 22.7 Å². The molecule has 0 N–H and O–H groups in total. The monoisotopic (exact) mass is 421 g/mol. The Morgan fingerprint density at radius 1 is 1.38 bits per heavy atom. The molecule has 0 spiro atoms. The van der Waals surface area contributed by atoms with E-state index >= 15 is 0 Å². The summed E-state index contributed by atoms with van der Waals surface area (Å²) in [7, 11) is 0. The highest BCUT2D eigenvalue weighted by atomic mass is 79.9. The predicted molar refractivity (Wildman–Crippen MR) is 97.8 cm³/mol. The van der Waals surface area contributed by atoms with E-state index in [0.717, 1.165) is 17.3 Å². The van der Waals surface area contributed by atoms with Gasteiger partial charge < -0.3 is 14.4 Å². The number of benzene rings is 1. The van der Waals surface area contributed by atoms with E-state index in [1.165, 1.54) is 4.90 Å². The van der Waals surface area contributed by atoms with Gasteiger partial charge in [-0.2, -0.15) is 5.26 Å². The van der Waals surface area contributed by atoms with Gasteiger partial charge >= 0.3 is 0 Å². The molecule has 1 fully saturated rings. The van der Waals surface area contributed by atoms with Crippen LogP contribution in [0.4, 0.5) is 5.69 Å². The number of amides is 2. The lowest BCUT2D eigenvalue weighted by atomic mass is 10.1. The number of hydrogen-bond donors (Lipinski definition) is 0. The van der Waals surface area contributed by atoms with Crippen LogP contribution < -0.4 is 9.64 Å². The first-order valence-electron chi connectivity index (χ1n) is 8.57. The summed E-state index contributed by atoms with van der Waals surface area (Å²) in [6.45, 7) is 1.43. The van der Waals surface area contributed by atoms with Crippen molar-refractivity contribution in [1.82, 2.24) is 4.90 Å². The van der Waals surface area contributed by atoms with Crippen molar-refractivity contribution < 1.29 is 19.1 Å². The topological polar surface area (TPSA) is 82.9 Å². The smallest absolute Gasteiger partial charge is 0.265 e. The number of nitriles is 1. The third-order valence-corrected chi connectivity index (χ3v) is 5.07. The van der Waals surface area contributed by atoms with Crippen molar-refractivity contribution >= 4 is 33.4 Å². The molecule has 3 rings (SSSR count). The molecule has 1 aromatic rings. The summed E-state index contributed by atoms with van der Waals surface area (Å²) in [6.07, 6.45) is 1.76. The summed E-state index contributed by atoms with van der Waals surface area (Å²) >= 11 is 3.38. The quantitative estimate of drug-likeness (QED) is 0.726. The highest BCUT2D eigenvalue weighted by Gasteiger charge is 2.31. The molecule has 0 unspecified atom stereocenters. The number of anilines is 1. The number of rotatable bonds is 5. The van der Waals surface area contributed by atoms with Crippen LogP contribution in [-0.4, -0.2) is 55.7 Å². The van der Waals surface area contributed by atoms with Crippen molar-refractivity contribution in [3.8, 4) is 11.8 Å². The van der Waals surface area contributed by atoms with E-state index < -0.39 is 0 Å². The number of hydrogen-bond acceptors (Lipinski definition) is 5. The van der Waals surface area contributed by atoms with Crippen LogP contribution in [0.3, 0.4) is 0 Å². The van der Waals surface area contributed by atoms with Crippen molar-refractivity contribution in [1.29, 1.82) is 5.26 Å². The van der Waals surface area contributed by atoms with E-state index in [4.69, 9.17) is 14.7 Å². The molecule has 8 heteroatoms. The Hall–Kier alpha value is -2.11. The SMILES string of the molecule is N#CCCN(C(=O)CN1C(=O)COc2cc(Br)ccc21)C1CCOCC1. The molecule has 26 heavy (non-hydrogen) atoms. The number of ether oxygens (including phenoxy) is 2. The fraction of sp³-hybridized carbons (Fsp3) is 0.500. The molecule has 7 nitrogen and oxygen atoms in total. The van der Waals surface area contributed by atoms with Crippen molar-refractivity contribution in [3.63, 3.8) is 0 Å². The fourth-order valence-electron chi connectivity index (χ4n) is 3.26. The second-order valence-corrected chi connectivity index (χ2v) is 7.14. The maximum absolute atomic E-state index is 13.0. The van der Waals surface area contributed by atoms with E-state index in [0.29, 0.717) is 31.2 Å². The van der Waals surface area contributed by atoms with Crippen LogP contribution in [0.1, 0.15) is 19.3 Å². The number of fused-ring (bicyclic) bond motifs is 1. The van der Waals surface area contributed by atoms with E-state index in [9.17, 15) is 9.59 Å². The Morgan fingerprint density at radius 2 is 2.15 bits per heavy atom. The first-order valence-corrected chi connectivity index (χ1v) is 9.36. The summed E-state index contributed by atoms with van der Waals surface area (Å²) < 4.78 is 11.7. The second kappa shape index (κ2) is 8.52. The van der Waals surface area contributed by atoms with Crippen LogP contribution >= 0.6 is 15.9 Å². The van der Waals surface area contributed by atoms with Gasteiger partial charge in [0, 0.05) is 30.3 Å². The highest BCUT2D eigenvalue weighted by Crippen LogP contribution is 2.34. The van der Waals surface area contributed by atoms with Crippen molar-refractivity contribution in [2.45, 2.75) is 25.3 Å². The molecular formula is C18H20BrN3O4. The second-order valence-electron chi connectivity index (χ2n) is 6.22. The molecule has 0 atom stereocenters. The van der Waals surface area contributed by atoms with Gasteiger partial charge in [-0.15, -0.1) is 0 Å². The van der Waals surface area contributed by atoms with Crippen molar-refractivity contribution in [2.24, 2.45) is 0 Å². The van der Waals surface area contributed by atoms with E-state index in [1.54, 1.807) is 17.0 Å². The zero-order chi connectivity index (χ0) is 18.5. The predicted octanol–water partition coefficient (Wildman–Crippen LogP) is 2.10. The van der Waals surface area contributed by atoms with E-state index in [2.05, 4.69) is 22.0 Å². The Balaban J connectivity index is 1.78. The maximum Gasteiger partial charge on any atom is 0.265 e. The standard InChI is InChI=1S/C18H20BrN3O4/c19-13-2-3-15-16(10-13)26-12-18(24)22(15)11-17(23)21(7-1-6-20)14-4-8-25-9-5-14/h2-3,10,14H,1,4-5,7-9,11-12H2. The van der Waals surface area contributed by atoms with Crippen molar-refractivity contribution in [2.75, 3.05) is 37.8 Å². The van der Waals surface area contributed by atoms with Gasteiger partial charge in [-0.25, -0.2) is 0 Å². The van der Waals surface area contributed by atoms with Gasteiger partial charge in [0.25, 0.3) is 5.91 Å². The molecular weight excluding hydrogens is 402 g/mol. The fourth-order valence-corrected chi connectivity index (χ4v) is 3.60. The van der Waals surface area contributed by atoms with Crippen LogP contribution in [0.25, 0.3) is 0 Å². The molecule has 2 aliphatic rings. The zero-order valence-electron chi connectivity index (χ0n) is 14.3. The summed E-state index contributed by atoms with van der Waals surface area (Å²) in [5, 5.41) is 8.92. The average Bonchev–Trinajstić information content (AvgIpc) is 2.65. The lowest BCUT2D eigenvalue weighted by molar-refractivity contribution is -0.135. The largest absolute Gasteiger partial charge is 0.482 e. The minimum atomic E-state index is -0.250. The van der Waals surface area contributed by atoms with Crippen LogP contribution in [0, 0.1) is 11.3 Å². The minimum absolute atomic E-state index is 0.0464. The van der Waals surface area contributed by atoms with Crippen molar-refractivity contribution in [3.05, 3.63) is 22.7 Å². The van der Waals surface area contributed by atoms with Gasteiger partial charge in [0.05, 0.1) is 18.2 Å². The average molecular weight is 422 g/mol. The third kappa shape index (κ3) is 4.17. The van der Waals surface area contributed by atoms with Crippen LogP contribution in [-0.2, 0) is 14.3 Å². The molecule has 1 saturated heterocycles. The number of carbonyl (C=O) groups excluding carboxylic acids is 2. The first-order chi connectivity index (χ1) is 12.6. The summed E-state index contributed by atoms with van der Waals surface area (Å²) in [4.78, 5) is 28.5. The van der Waals surface area contributed by atoms with Gasteiger partial charge in [-0.3, -0.25) is 14.5 Å². The molecule has 2 aliphatic heterocycles. The van der Waals surface area contributed by atoms with Crippen LogP contribution in [0.5, 0.6) is 5.75 Å². The van der Waals surface area contributed by atoms with E-state index in [-0.39, 0.29) is 37.4 Å². The molecule has 138 valence electrons. The molecule has 0 radical (unpaired) electrons. The molecule has 0 saturated carbocycles. The summed E-state index contributed by atoms with van der Waals surface area (Å²) in [5.74, 6) is 0.165. The Labute approximate surface area is 160 Å². The number of nitrogens with zero attached hydrogens (tertiary/aromatic N) is 3. The lowest BCUT2D eigenvalue weighted by Crippen LogP contribution is -2.50. The van der Waals surface area contributed by atoms with E-state index in [1.807, 2.05) is 6.07 Å². The van der Waals surface area contributed by atoms with Gasteiger partial charge in [-0.1, -0.05) is 15.9 Å². The first kappa shape index (κ1) is 18.7. The van der Waals surface area contributed by atoms with Gasteiger partial charge in [-0.05, 0) is 31.0 Å². The molecule has 1 aromatic carbocycles. The zero-order valence-corrected chi connectivity index (χ0v) is 15.9. The molecule has 2 amide bonds. The normalized spacial score (nSPS) is 17.2. The van der Waals surface area contributed by atoms with Crippen LogP contribution in [0.2, 0.25) is 0 Å². The van der Waals surface area contributed by atoms with Gasteiger partial charge in [0.15, 0.2) is 6.61 Å². The molecule has 2 heterocycles. The lowest BCUT2D eigenvalue weighted by Gasteiger charge is -2.36. The number of carbonyl (C=O) groups is 2. The maximum atomic E-state index is 13.0. The Bertz CT molecular complexity index is 728. The van der Waals surface area contributed by atoms with Gasteiger partial charge in [0.1, 0.15) is 12.3 Å². The van der Waals surface area contributed by atoms with Gasteiger partial charge in [0.2, 0.25) is 5.91 Å². The Kier molecular flexibility index (Phi) is 6.12. The molecule has 0 aliphatic carbocycles. The third-order valence-electron chi connectivity index (χ3n) is 4.57. The molecule has 0 bridgehead atoms. The highest BCUT2D eigenvalue weighted by molar-refractivity contribution is 9.10. The number of halogens is 1.